The quantitative estimate of drug-likeness (QED) is 0.339. The first-order valence-corrected chi connectivity index (χ1v) is 9.15. The molecule has 0 heterocycles. The van der Waals surface area contributed by atoms with Crippen molar-refractivity contribution >= 4 is 14.3 Å². The summed E-state index contributed by atoms with van der Waals surface area (Å²) in [4.78, 5) is 4.53. The average molecular weight is 259 g/mol. The smallest absolute Gasteiger partial charge is 0.337 e. The highest BCUT2D eigenvalue weighted by atomic mass is 28.4. The van der Waals surface area contributed by atoms with Crippen LogP contribution in [0.25, 0.3) is 0 Å². The molecule has 0 bridgehead atoms. The van der Waals surface area contributed by atoms with Crippen molar-refractivity contribution in [3.63, 3.8) is 0 Å². The third kappa shape index (κ3) is 6.96. The van der Waals surface area contributed by atoms with Crippen molar-refractivity contribution in [1.82, 2.24) is 0 Å². The Hall–Kier alpha value is -0.193. The Morgan fingerprint density at radius 3 is 2.06 bits per heavy atom. The second kappa shape index (κ2) is 9.80. The van der Waals surface area contributed by atoms with E-state index in [-0.39, 0.29) is 0 Å². The van der Waals surface area contributed by atoms with Gasteiger partial charge >= 0.3 is 8.56 Å². The van der Waals surface area contributed by atoms with E-state index >= 15 is 0 Å². The fourth-order valence-electron chi connectivity index (χ4n) is 1.82. The molecule has 0 aromatic heterocycles. The van der Waals surface area contributed by atoms with E-state index in [1.54, 1.807) is 0 Å². The monoisotopic (exact) mass is 259 g/mol. The summed E-state index contributed by atoms with van der Waals surface area (Å²) in [5, 5.41) is 0. The second-order valence-corrected chi connectivity index (χ2v) is 7.81. The molecular formula is C13H29NO2Si. The van der Waals surface area contributed by atoms with E-state index in [9.17, 15) is 0 Å². The molecule has 102 valence electrons. The van der Waals surface area contributed by atoms with Crippen molar-refractivity contribution in [3.05, 3.63) is 0 Å². The minimum atomic E-state index is -1.92. The number of nitrogens with zero attached hydrogens (tertiary/aromatic N) is 1. The minimum absolute atomic E-state index is 0.761. The summed E-state index contributed by atoms with van der Waals surface area (Å²) in [5.41, 5.74) is 1.24. The van der Waals surface area contributed by atoms with E-state index in [4.69, 9.17) is 8.85 Å². The maximum absolute atomic E-state index is 5.92. The third-order valence-electron chi connectivity index (χ3n) is 2.96. The van der Waals surface area contributed by atoms with E-state index < -0.39 is 8.56 Å². The van der Waals surface area contributed by atoms with E-state index in [1.165, 1.54) is 5.71 Å². The van der Waals surface area contributed by atoms with Gasteiger partial charge in [-0.15, -0.1) is 0 Å². The maximum atomic E-state index is 5.92. The van der Waals surface area contributed by atoms with Crippen LogP contribution in [0, 0.1) is 0 Å². The Bertz CT molecular complexity index is 213. The lowest BCUT2D eigenvalue weighted by molar-refractivity contribution is 0.183. The lowest BCUT2D eigenvalue weighted by Gasteiger charge is -2.28. The molecule has 0 aromatic rings. The lowest BCUT2D eigenvalue weighted by Crippen LogP contribution is -2.41. The SMILES string of the molecule is CCO[Si](CC)(CCCN=C(C)CC)OCC. The minimum Gasteiger partial charge on any atom is -0.394 e. The molecule has 0 aliphatic heterocycles. The lowest BCUT2D eigenvalue weighted by atomic mass is 10.3. The summed E-state index contributed by atoms with van der Waals surface area (Å²) >= 11 is 0. The zero-order valence-corrected chi connectivity index (χ0v) is 13.2. The van der Waals surface area contributed by atoms with Gasteiger partial charge in [0.05, 0.1) is 0 Å². The van der Waals surface area contributed by atoms with Crippen molar-refractivity contribution in [2.45, 2.75) is 59.5 Å². The molecule has 0 saturated heterocycles. The summed E-state index contributed by atoms with van der Waals surface area (Å²) in [6.45, 7) is 13.0. The van der Waals surface area contributed by atoms with Gasteiger partial charge in [-0.25, -0.2) is 0 Å². The Morgan fingerprint density at radius 2 is 1.65 bits per heavy atom. The summed E-state index contributed by atoms with van der Waals surface area (Å²) in [6, 6.07) is 2.09. The van der Waals surface area contributed by atoms with Crippen molar-refractivity contribution in [2.75, 3.05) is 19.8 Å². The summed E-state index contributed by atoms with van der Waals surface area (Å²) in [7, 11) is -1.92. The summed E-state index contributed by atoms with van der Waals surface area (Å²) in [5.74, 6) is 0. The predicted octanol–water partition coefficient (Wildman–Crippen LogP) is 3.78. The molecular weight excluding hydrogens is 230 g/mol. The van der Waals surface area contributed by atoms with Gasteiger partial charge in [-0.05, 0) is 45.7 Å². The first-order chi connectivity index (χ1) is 8.14. The first-order valence-electron chi connectivity index (χ1n) is 6.91. The molecule has 0 radical (unpaired) electrons. The van der Waals surface area contributed by atoms with E-state index in [0.717, 1.165) is 44.7 Å². The Morgan fingerprint density at radius 1 is 1.06 bits per heavy atom. The zero-order valence-electron chi connectivity index (χ0n) is 12.2. The van der Waals surface area contributed by atoms with Gasteiger partial charge in [0.25, 0.3) is 0 Å². The number of rotatable bonds is 10. The molecule has 0 atom stereocenters. The largest absolute Gasteiger partial charge is 0.394 e. The van der Waals surface area contributed by atoms with Crippen LogP contribution in [0.4, 0.5) is 0 Å². The number of hydrogen-bond acceptors (Lipinski definition) is 3. The standard InChI is InChI=1S/C13H29NO2Si/c1-6-13(5)14-11-10-12-17(9-4,15-7-2)16-8-3/h6-12H2,1-5H3. The van der Waals surface area contributed by atoms with Gasteiger partial charge in [0.1, 0.15) is 0 Å². The van der Waals surface area contributed by atoms with Gasteiger partial charge in [-0.3, -0.25) is 4.99 Å². The van der Waals surface area contributed by atoms with Crippen molar-refractivity contribution < 1.29 is 8.85 Å². The number of aliphatic imine (C=N–C) groups is 1. The van der Waals surface area contributed by atoms with E-state index in [0.29, 0.717) is 0 Å². The van der Waals surface area contributed by atoms with Crippen LogP contribution in [-0.2, 0) is 8.85 Å². The second-order valence-electron chi connectivity index (χ2n) is 4.20. The molecule has 0 spiro atoms. The van der Waals surface area contributed by atoms with Gasteiger partial charge < -0.3 is 8.85 Å². The predicted molar refractivity (Wildman–Crippen MR) is 77.2 cm³/mol. The molecule has 4 heteroatoms. The molecule has 0 aliphatic rings. The van der Waals surface area contributed by atoms with E-state index in [2.05, 4.69) is 39.6 Å². The molecule has 0 saturated carbocycles. The molecule has 0 N–H and O–H groups in total. The fraction of sp³-hybridized carbons (Fsp3) is 0.923. The highest BCUT2D eigenvalue weighted by Crippen LogP contribution is 2.20. The number of hydrogen-bond donors (Lipinski definition) is 0. The molecule has 3 nitrogen and oxygen atoms in total. The molecule has 0 aliphatic carbocycles. The van der Waals surface area contributed by atoms with Gasteiger partial charge in [0.2, 0.25) is 0 Å². The highest BCUT2D eigenvalue weighted by molar-refractivity contribution is 6.67. The molecule has 17 heavy (non-hydrogen) atoms. The van der Waals surface area contributed by atoms with Crippen LogP contribution < -0.4 is 0 Å². The third-order valence-corrected chi connectivity index (χ3v) is 6.78. The Kier molecular flexibility index (Phi) is 9.69. The molecule has 0 rings (SSSR count). The van der Waals surface area contributed by atoms with Crippen LogP contribution in [-0.4, -0.2) is 34.0 Å². The molecule has 0 aromatic carbocycles. The van der Waals surface area contributed by atoms with Crippen molar-refractivity contribution in [1.29, 1.82) is 0 Å². The molecule has 0 amide bonds. The maximum Gasteiger partial charge on any atom is 0.337 e. The normalized spacial score (nSPS) is 13.1. The average Bonchev–Trinajstić information content (AvgIpc) is 2.34. The highest BCUT2D eigenvalue weighted by Gasteiger charge is 2.34. The van der Waals surface area contributed by atoms with Crippen LogP contribution in [0.2, 0.25) is 12.1 Å². The van der Waals surface area contributed by atoms with Crippen molar-refractivity contribution in [3.8, 4) is 0 Å². The molecule has 0 unspecified atom stereocenters. The van der Waals surface area contributed by atoms with E-state index in [1.807, 2.05) is 0 Å². The van der Waals surface area contributed by atoms with Crippen LogP contribution >= 0.6 is 0 Å². The first kappa shape index (κ1) is 16.8. The summed E-state index contributed by atoms with van der Waals surface area (Å²) in [6.07, 6.45) is 2.13. The van der Waals surface area contributed by atoms with Crippen LogP contribution in [0.1, 0.15) is 47.5 Å². The Labute approximate surface area is 108 Å². The fourth-order valence-corrected chi connectivity index (χ4v) is 4.71. The van der Waals surface area contributed by atoms with Gasteiger partial charge in [-0.2, -0.15) is 0 Å². The van der Waals surface area contributed by atoms with Gasteiger partial charge in [0, 0.05) is 25.5 Å². The topological polar surface area (TPSA) is 30.8 Å². The molecule has 0 fully saturated rings. The van der Waals surface area contributed by atoms with Gasteiger partial charge in [0.15, 0.2) is 0 Å². The Balaban J connectivity index is 4.15. The zero-order chi connectivity index (χ0) is 13.1. The van der Waals surface area contributed by atoms with Crippen molar-refractivity contribution in [2.24, 2.45) is 4.99 Å². The summed E-state index contributed by atoms with van der Waals surface area (Å²) < 4.78 is 11.8. The van der Waals surface area contributed by atoms with Crippen LogP contribution in [0.3, 0.4) is 0 Å². The van der Waals surface area contributed by atoms with Gasteiger partial charge in [-0.1, -0.05) is 13.8 Å². The van der Waals surface area contributed by atoms with Crippen LogP contribution in [0.5, 0.6) is 0 Å². The van der Waals surface area contributed by atoms with Crippen LogP contribution in [0.15, 0.2) is 4.99 Å².